The van der Waals surface area contributed by atoms with Gasteiger partial charge in [-0.15, -0.1) is 0 Å². The maximum absolute atomic E-state index is 16.9. The zero-order chi connectivity index (χ0) is 48.0. The van der Waals surface area contributed by atoms with Crippen molar-refractivity contribution in [1.82, 2.24) is 0 Å². The molecule has 8 aliphatic rings. The Morgan fingerprint density at radius 1 is 0.636 bits per heavy atom. The number of carboxylic acid groups (broad SMARTS) is 2. The van der Waals surface area contributed by atoms with Gasteiger partial charge in [-0.05, 0) is 126 Å². The maximum atomic E-state index is 16.9. The van der Waals surface area contributed by atoms with Gasteiger partial charge in [0.2, 0.25) is 0 Å². The Bertz CT molecular complexity index is 1980. The number of ketones is 4. The Hall–Kier alpha value is -1.80. The van der Waals surface area contributed by atoms with Crippen molar-refractivity contribution in [2.24, 2.45) is 57.2 Å². The molecule has 0 aliphatic heterocycles. The van der Waals surface area contributed by atoms with E-state index in [0.717, 1.165) is 0 Å². The number of halogens is 2. The van der Waals surface area contributed by atoms with Crippen LogP contribution < -0.4 is 69.3 Å². The molecule has 3 unspecified atom stereocenters. The number of hydrogen-bond acceptors (Lipinski definition) is 14. The predicted octanol–water partition coefficient (Wildman–Crippen LogP) is -4.93. The first-order chi connectivity index (χ1) is 29.6. The quantitative estimate of drug-likeness (QED) is 0.131. The van der Waals surface area contributed by atoms with Crippen molar-refractivity contribution in [3.05, 3.63) is 47.6 Å². The molecule has 0 amide bonds. The number of carbonyl (C=O) groups excluding carboxylic acids is 6. The van der Waals surface area contributed by atoms with Gasteiger partial charge in [-0.2, -0.15) is 0 Å². The van der Waals surface area contributed by atoms with Crippen LogP contribution in [0.1, 0.15) is 106 Å². The average molecular weight is 947 g/mol. The Morgan fingerprint density at radius 3 is 1.24 bits per heavy atom. The fourth-order valence-corrected chi connectivity index (χ4v) is 14.7. The fraction of sp³-hybridized carbons (Fsp3) is 0.708. The second-order valence-electron chi connectivity index (χ2n) is 20.7. The first-order valence-electron chi connectivity index (χ1n) is 22.3. The first kappa shape index (κ1) is 56.8. The molecular formula is C48H62F2Na2O14. The van der Waals surface area contributed by atoms with Crippen molar-refractivity contribution in [2.45, 2.75) is 140 Å². The number of aliphatic hydroxyl groups excluding tert-OH is 4. The molecule has 18 heteroatoms. The molecule has 0 saturated heterocycles. The summed E-state index contributed by atoms with van der Waals surface area (Å²) in [5, 5.41) is 82.9. The van der Waals surface area contributed by atoms with Crippen LogP contribution in [0, 0.1) is 57.2 Å². The Morgan fingerprint density at radius 2 is 0.955 bits per heavy atom. The van der Waals surface area contributed by atoms with E-state index in [2.05, 4.69) is 0 Å². The first-order valence-corrected chi connectivity index (χ1v) is 22.3. The van der Waals surface area contributed by atoms with Crippen molar-refractivity contribution < 1.29 is 138 Å². The number of aliphatic hydroxyl groups is 6. The third kappa shape index (κ3) is 7.95. The molecule has 0 heterocycles. The topological polar surface area (TPSA) is 270 Å². The summed E-state index contributed by atoms with van der Waals surface area (Å²) in [5.41, 5.74) is -10.3. The van der Waals surface area contributed by atoms with Gasteiger partial charge in [0.15, 0.2) is 34.5 Å². The number of hydrogen-bond donors (Lipinski definition) is 6. The summed E-state index contributed by atoms with van der Waals surface area (Å²) < 4.78 is 33.7. The van der Waals surface area contributed by atoms with Crippen LogP contribution in [-0.2, 0) is 28.8 Å². The minimum Gasteiger partial charge on any atom is -0.550 e. The Balaban J connectivity index is 0.000000242. The minimum absolute atomic E-state index is 0. The molecule has 16 atom stereocenters. The maximum Gasteiger partial charge on any atom is 1.00 e. The molecule has 354 valence electrons. The molecule has 0 aromatic rings. The van der Waals surface area contributed by atoms with Gasteiger partial charge in [0.05, 0.1) is 12.2 Å². The van der Waals surface area contributed by atoms with Gasteiger partial charge in [0.1, 0.15) is 24.4 Å². The van der Waals surface area contributed by atoms with Crippen LogP contribution in [0.2, 0.25) is 0 Å². The summed E-state index contributed by atoms with van der Waals surface area (Å²) in [6, 6.07) is 0. The van der Waals surface area contributed by atoms with Crippen molar-refractivity contribution in [3.63, 3.8) is 0 Å². The number of carbonyl (C=O) groups is 6. The van der Waals surface area contributed by atoms with Crippen LogP contribution in [0.25, 0.3) is 0 Å². The van der Waals surface area contributed by atoms with Gasteiger partial charge in [0.25, 0.3) is 0 Å². The fourth-order valence-electron chi connectivity index (χ4n) is 14.7. The summed E-state index contributed by atoms with van der Waals surface area (Å²) in [4.78, 5) is 67.8. The van der Waals surface area contributed by atoms with E-state index < -0.39 is 130 Å². The molecule has 14 nitrogen and oxygen atoms in total. The number of fused-ring (bicyclic) bond motifs is 10. The minimum atomic E-state index is -1.98. The molecule has 6 N–H and O–H groups in total. The summed E-state index contributed by atoms with van der Waals surface area (Å²) in [5.74, 6) is -6.97. The monoisotopic (exact) mass is 946 g/mol. The van der Waals surface area contributed by atoms with Crippen LogP contribution in [-0.4, -0.2) is 114 Å². The van der Waals surface area contributed by atoms with Crippen LogP contribution in [0.4, 0.5) is 8.78 Å². The van der Waals surface area contributed by atoms with E-state index in [1.54, 1.807) is 53.7 Å². The summed E-state index contributed by atoms with van der Waals surface area (Å²) in [7, 11) is 0. The van der Waals surface area contributed by atoms with Crippen LogP contribution in [0.15, 0.2) is 47.6 Å². The summed E-state index contributed by atoms with van der Waals surface area (Å²) >= 11 is 0. The standard InChI is InChI=1S/2C22H29FO5.C4H6O4.2Na/c2*1-12-8-16-15-5-4-13-9-14(25)6-7-19(13,2)21(15,23)17(26)10-20(16,3)22(12,28)18(27)11-24;5-3(6)1-2-4(7)8;;/h2*6-7,9,12,15-17,24,26,28H,4-5,8,10-11H2,1-3H3;1-2H2,(H,5,6)(H,7,8);;/q;;;2*+1/p-2/t12-,15?,16?,17+,19+,20+,21+,22+;12-,15-,16?,17+,19+,20+,21+,22+;;;/m11.../s1. The molecular weight excluding hydrogens is 884 g/mol. The SMILES string of the molecule is C[C@@H]1CC2C3CCC4=CC(=O)C=C[C@]4(C)[C@@]3(F)[C@@H](O)C[C@]2(C)[C@@]1(O)C(=O)CO.C[C@@H]1CC2[C@H]3CCC4=CC(=O)C=C[C@]4(C)[C@@]3(F)[C@@H](O)C[C@]2(C)[C@@]1(O)C(=O)CO.O=C([O-])CCC(=O)[O-].[Na+].[Na+]. The molecule has 6 fully saturated rings. The summed E-state index contributed by atoms with van der Waals surface area (Å²) in [6.07, 6.45) is 7.94. The third-order valence-corrected chi connectivity index (χ3v) is 18.1. The van der Waals surface area contributed by atoms with E-state index in [-0.39, 0.29) is 95.4 Å². The van der Waals surface area contributed by atoms with E-state index in [4.69, 9.17) is 0 Å². The molecule has 0 aromatic heterocycles. The van der Waals surface area contributed by atoms with Crippen LogP contribution in [0.3, 0.4) is 0 Å². The van der Waals surface area contributed by atoms with E-state index in [1.165, 1.54) is 24.3 Å². The largest absolute Gasteiger partial charge is 1.00 e. The van der Waals surface area contributed by atoms with E-state index in [0.29, 0.717) is 49.7 Å². The molecule has 0 radical (unpaired) electrons. The van der Waals surface area contributed by atoms with Gasteiger partial charge in [-0.1, -0.05) is 51.0 Å². The number of rotatable bonds is 7. The Labute approximate surface area is 428 Å². The van der Waals surface area contributed by atoms with Gasteiger partial charge < -0.3 is 50.4 Å². The number of carboxylic acids is 2. The van der Waals surface area contributed by atoms with Gasteiger partial charge in [0, 0.05) is 45.4 Å². The molecule has 66 heavy (non-hydrogen) atoms. The van der Waals surface area contributed by atoms with E-state index in [1.807, 2.05) is 0 Å². The predicted molar refractivity (Wildman–Crippen MR) is 219 cm³/mol. The zero-order valence-electron chi connectivity index (χ0n) is 39.3. The number of allylic oxidation sites excluding steroid dienone is 8. The van der Waals surface area contributed by atoms with Gasteiger partial charge in [-0.25, -0.2) is 8.78 Å². The number of aliphatic carboxylic acids is 2. The van der Waals surface area contributed by atoms with Crippen LogP contribution in [0.5, 0.6) is 0 Å². The normalized spacial score (nSPS) is 45.6. The van der Waals surface area contributed by atoms with E-state index >= 15 is 8.78 Å². The zero-order valence-corrected chi connectivity index (χ0v) is 43.3. The molecule has 8 rings (SSSR count). The van der Waals surface area contributed by atoms with Crippen LogP contribution >= 0.6 is 0 Å². The third-order valence-electron chi connectivity index (χ3n) is 18.1. The van der Waals surface area contributed by atoms with Crippen molar-refractivity contribution in [2.75, 3.05) is 13.2 Å². The molecule has 0 spiro atoms. The van der Waals surface area contributed by atoms with Gasteiger partial charge >= 0.3 is 59.1 Å². The molecule has 0 aromatic carbocycles. The molecule has 8 aliphatic carbocycles. The van der Waals surface area contributed by atoms with Gasteiger partial charge in [-0.3, -0.25) is 19.2 Å². The van der Waals surface area contributed by atoms with E-state index in [9.17, 15) is 69.6 Å². The average Bonchev–Trinajstić information content (AvgIpc) is 3.56. The smallest absolute Gasteiger partial charge is 0.550 e. The second kappa shape index (κ2) is 19.4. The van der Waals surface area contributed by atoms with Crippen molar-refractivity contribution >= 4 is 35.1 Å². The number of Topliss-reactive ketones (excluding diaryl/α,β-unsaturated/α-hetero) is 2. The molecule has 0 bridgehead atoms. The van der Waals surface area contributed by atoms with Crippen molar-refractivity contribution in [1.29, 1.82) is 0 Å². The Kier molecular flexibility index (Phi) is 16.7. The number of alkyl halides is 2. The summed E-state index contributed by atoms with van der Waals surface area (Å²) in [6.45, 7) is 8.96. The second-order valence-corrected chi connectivity index (χ2v) is 20.7. The van der Waals surface area contributed by atoms with Crippen molar-refractivity contribution in [3.8, 4) is 0 Å². The molecule has 6 saturated carbocycles.